The number of hydrogen-bond donors (Lipinski definition) is 1. The van der Waals surface area contributed by atoms with E-state index in [1.165, 1.54) is 24.5 Å². The number of carbonyl (C=O) groups is 1. The fraction of sp³-hybridized carbons (Fsp3) is 0.429. The fourth-order valence-electron chi connectivity index (χ4n) is 3.14. The summed E-state index contributed by atoms with van der Waals surface area (Å²) >= 11 is 0. The minimum atomic E-state index is -3.54. The van der Waals surface area contributed by atoms with Crippen LogP contribution in [0, 0.1) is 5.92 Å². The zero-order chi connectivity index (χ0) is 15.0. The van der Waals surface area contributed by atoms with E-state index >= 15 is 0 Å². The van der Waals surface area contributed by atoms with E-state index in [1.54, 1.807) is 4.31 Å². The molecular formula is C14H16N2O4S. The van der Waals surface area contributed by atoms with Crippen LogP contribution in [0.5, 0.6) is 0 Å². The van der Waals surface area contributed by atoms with Gasteiger partial charge in [0.1, 0.15) is 4.90 Å². The molecule has 1 aliphatic carbocycles. The van der Waals surface area contributed by atoms with Gasteiger partial charge in [0.05, 0.1) is 0 Å². The third kappa shape index (κ3) is 2.71. The highest BCUT2D eigenvalue weighted by Gasteiger charge is 2.44. The molecule has 2 atom stereocenters. The first-order chi connectivity index (χ1) is 9.96. The highest BCUT2D eigenvalue weighted by atomic mass is 32.2. The van der Waals surface area contributed by atoms with Gasteiger partial charge in [0.15, 0.2) is 0 Å². The largest absolute Gasteiger partial charge is 0.478 e. The molecule has 0 amide bonds. The van der Waals surface area contributed by atoms with Gasteiger partial charge in [-0.3, -0.25) is 4.98 Å². The normalized spacial score (nSPS) is 25.7. The van der Waals surface area contributed by atoms with Crippen molar-refractivity contribution in [3.05, 3.63) is 30.1 Å². The van der Waals surface area contributed by atoms with Crippen LogP contribution in [0.25, 0.3) is 6.08 Å². The lowest BCUT2D eigenvalue weighted by Gasteiger charge is -2.26. The molecule has 0 radical (unpaired) electrons. The summed E-state index contributed by atoms with van der Waals surface area (Å²) in [6, 6.07) is 1.58. The summed E-state index contributed by atoms with van der Waals surface area (Å²) in [5.74, 6) is -0.604. The van der Waals surface area contributed by atoms with Crippen molar-refractivity contribution < 1.29 is 18.3 Å². The molecule has 6 nitrogen and oxygen atoms in total. The Labute approximate surface area is 123 Å². The van der Waals surface area contributed by atoms with Crippen LogP contribution < -0.4 is 0 Å². The van der Waals surface area contributed by atoms with Crippen molar-refractivity contribution in [2.24, 2.45) is 5.92 Å². The number of hydrogen-bond acceptors (Lipinski definition) is 4. The summed E-state index contributed by atoms with van der Waals surface area (Å²) in [7, 11) is -3.54. The Balaban J connectivity index is 1.89. The standard InChI is InChI=1S/C14H16N2O4S/c17-14(18)4-2-10-6-13(8-15-7-10)21(19,20)16-9-11-1-3-12(16)5-11/h2,4,6-8,11-12H,1,3,5,9H2,(H,17,18). The number of sulfonamides is 1. The van der Waals surface area contributed by atoms with Crippen molar-refractivity contribution in [3.8, 4) is 0 Å². The van der Waals surface area contributed by atoms with Crippen molar-refractivity contribution in [2.75, 3.05) is 6.54 Å². The first kappa shape index (κ1) is 14.2. The molecule has 1 aromatic heterocycles. The number of pyridine rings is 1. The minimum absolute atomic E-state index is 0.109. The second-order valence-electron chi connectivity index (χ2n) is 5.53. The first-order valence-corrected chi connectivity index (χ1v) is 8.29. The maximum atomic E-state index is 12.7. The predicted molar refractivity (Wildman–Crippen MR) is 75.9 cm³/mol. The maximum absolute atomic E-state index is 12.7. The molecule has 1 saturated heterocycles. The van der Waals surface area contributed by atoms with Gasteiger partial charge in [-0.2, -0.15) is 4.31 Å². The Hall–Kier alpha value is -1.73. The van der Waals surface area contributed by atoms with E-state index in [9.17, 15) is 13.2 Å². The molecule has 112 valence electrons. The highest BCUT2D eigenvalue weighted by Crippen LogP contribution is 2.40. The molecule has 1 aromatic rings. The number of fused-ring (bicyclic) bond motifs is 2. The summed E-state index contributed by atoms with van der Waals surface area (Å²) in [4.78, 5) is 14.6. The average molecular weight is 308 g/mol. The Morgan fingerprint density at radius 1 is 1.38 bits per heavy atom. The van der Waals surface area contributed by atoms with Gasteiger partial charge in [-0.25, -0.2) is 13.2 Å². The Morgan fingerprint density at radius 2 is 2.19 bits per heavy atom. The van der Waals surface area contributed by atoms with E-state index in [0.717, 1.165) is 25.3 Å². The van der Waals surface area contributed by atoms with E-state index in [-0.39, 0.29) is 10.9 Å². The molecule has 0 spiro atoms. The molecule has 2 fully saturated rings. The summed E-state index contributed by atoms with van der Waals surface area (Å²) in [6.07, 6.45) is 8.04. The van der Waals surface area contributed by atoms with Crippen LogP contribution in [0.15, 0.2) is 29.4 Å². The Bertz CT molecular complexity index is 699. The Morgan fingerprint density at radius 3 is 2.81 bits per heavy atom. The van der Waals surface area contributed by atoms with Crippen LogP contribution in [-0.4, -0.2) is 41.4 Å². The third-order valence-corrected chi connectivity index (χ3v) is 6.00. The average Bonchev–Trinajstić information content (AvgIpc) is 3.08. The lowest BCUT2D eigenvalue weighted by atomic mass is 10.1. The van der Waals surface area contributed by atoms with Crippen LogP contribution in [0.1, 0.15) is 24.8 Å². The van der Waals surface area contributed by atoms with E-state index < -0.39 is 16.0 Å². The monoisotopic (exact) mass is 308 g/mol. The lowest BCUT2D eigenvalue weighted by Crippen LogP contribution is -2.37. The molecule has 2 bridgehead atoms. The molecule has 21 heavy (non-hydrogen) atoms. The van der Waals surface area contributed by atoms with E-state index in [1.807, 2.05) is 0 Å². The first-order valence-electron chi connectivity index (χ1n) is 6.85. The highest BCUT2D eigenvalue weighted by molar-refractivity contribution is 7.89. The molecule has 2 unspecified atom stereocenters. The van der Waals surface area contributed by atoms with E-state index in [2.05, 4.69) is 4.98 Å². The van der Waals surface area contributed by atoms with Crippen LogP contribution in [-0.2, 0) is 14.8 Å². The van der Waals surface area contributed by atoms with E-state index in [0.29, 0.717) is 18.0 Å². The second kappa shape index (κ2) is 5.23. The summed E-state index contributed by atoms with van der Waals surface area (Å²) < 4.78 is 26.9. The topological polar surface area (TPSA) is 87.6 Å². The van der Waals surface area contributed by atoms with Crippen molar-refractivity contribution >= 4 is 22.1 Å². The van der Waals surface area contributed by atoms with Crippen LogP contribution in [0.4, 0.5) is 0 Å². The second-order valence-corrected chi connectivity index (χ2v) is 7.42. The molecule has 3 rings (SSSR count). The number of nitrogens with zero attached hydrogens (tertiary/aromatic N) is 2. The number of piperidine rings is 1. The minimum Gasteiger partial charge on any atom is -0.478 e. The fourth-order valence-corrected chi connectivity index (χ4v) is 4.89. The van der Waals surface area contributed by atoms with Gasteiger partial charge >= 0.3 is 5.97 Å². The van der Waals surface area contributed by atoms with Crippen molar-refractivity contribution in [1.82, 2.24) is 9.29 Å². The van der Waals surface area contributed by atoms with Crippen LogP contribution in [0.3, 0.4) is 0 Å². The van der Waals surface area contributed by atoms with Gasteiger partial charge in [-0.05, 0) is 42.9 Å². The lowest BCUT2D eigenvalue weighted by molar-refractivity contribution is -0.131. The number of aromatic nitrogens is 1. The molecule has 1 saturated carbocycles. The molecule has 2 aliphatic rings. The Kier molecular flexibility index (Phi) is 3.54. The van der Waals surface area contributed by atoms with Crippen molar-refractivity contribution in [2.45, 2.75) is 30.2 Å². The summed E-state index contributed by atoms with van der Waals surface area (Å²) in [5, 5.41) is 8.61. The third-order valence-electron chi connectivity index (χ3n) is 4.12. The SMILES string of the molecule is O=C(O)C=Cc1cncc(S(=O)(=O)N2CC3CCC2C3)c1. The van der Waals surface area contributed by atoms with Crippen molar-refractivity contribution in [3.63, 3.8) is 0 Å². The maximum Gasteiger partial charge on any atom is 0.328 e. The molecule has 0 aromatic carbocycles. The smallest absolute Gasteiger partial charge is 0.328 e. The van der Waals surface area contributed by atoms with Gasteiger partial charge in [0.2, 0.25) is 10.0 Å². The summed E-state index contributed by atoms with van der Waals surface area (Å²) in [6.45, 7) is 0.586. The van der Waals surface area contributed by atoms with Crippen molar-refractivity contribution in [1.29, 1.82) is 0 Å². The van der Waals surface area contributed by atoms with Crippen LogP contribution in [0.2, 0.25) is 0 Å². The predicted octanol–water partition coefficient (Wildman–Crippen LogP) is 1.35. The van der Waals surface area contributed by atoms with Crippen LogP contribution >= 0.6 is 0 Å². The zero-order valence-electron chi connectivity index (χ0n) is 11.3. The number of carboxylic acid groups (broad SMARTS) is 1. The zero-order valence-corrected chi connectivity index (χ0v) is 12.2. The number of carboxylic acids is 1. The van der Waals surface area contributed by atoms with Gasteiger partial charge in [0.25, 0.3) is 0 Å². The molecule has 2 heterocycles. The van der Waals surface area contributed by atoms with Gasteiger partial charge in [-0.1, -0.05) is 0 Å². The van der Waals surface area contributed by atoms with Gasteiger partial charge in [0, 0.05) is 31.1 Å². The van der Waals surface area contributed by atoms with E-state index in [4.69, 9.17) is 5.11 Å². The van der Waals surface area contributed by atoms with Gasteiger partial charge in [-0.15, -0.1) is 0 Å². The number of rotatable bonds is 4. The van der Waals surface area contributed by atoms with Gasteiger partial charge < -0.3 is 5.11 Å². The molecular weight excluding hydrogens is 292 g/mol. The quantitative estimate of drug-likeness (QED) is 0.848. The molecule has 1 aliphatic heterocycles. The molecule has 7 heteroatoms. The molecule has 1 N–H and O–H groups in total. The summed E-state index contributed by atoms with van der Waals surface area (Å²) in [5.41, 5.74) is 0.461. The number of aliphatic carboxylic acids is 1.